The van der Waals surface area contributed by atoms with Gasteiger partial charge in [0.15, 0.2) is 17.5 Å². The molecule has 35 heavy (non-hydrogen) atoms. The molecule has 192 valence electrons. The highest BCUT2D eigenvalue weighted by Gasteiger charge is 2.45. The number of aryl methyl sites for hydroxylation is 1. The molecule has 14 heteroatoms. The average molecular weight is 512 g/mol. The smallest absolute Gasteiger partial charge is 0.450 e. The normalized spacial score (nSPS) is 22.6. The third kappa shape index (κ3) is 5.32. The number of halogens is 1. The van der Waals surface area contributed by atoms with E-state index in [1.807, 2.05) is 4.90 Å². The highest BCUT2D eigenvalue weighted by atomic mass is 32.2. The van der Waals surface area contributed by atoms with Crippen molar-refractivity contribution >= 4 is 33.8 Å². The Hall–Kier alpha value is -3.00. The van der Waals surface area contributed by atoms with Gasteiger partial charge in [-0.15, -0.1) is 0 Å². The standard InChI is InChI=1S/C21H30FN7O5S/c1-4-35(32,33)29-13-6-5-7-14(29)10-15(9-13)28(3)20-23-16(11-34-21(30)31)18(22)19(25-20)24-17-8-12(2)26-27-17/h8,13-15H,4-7,9-11H2,1-3H3,(H,30,31)(H2,23,24,25,26,27)/t13-,14+,15?. The molecule has 0 aromatic carbocycles. The molecule has 2 aromatic rings. The molecule has 2 aromatic heterocycles. The number of nitrogens with zero attached hydrogens (tertiary/aromatic N) is 5. The number of carbonyl (C=O) groups is 1. The minimum Gasteiger partial charge on any atom is -0.450 e. The van der Waals surface area contributed by atoms with Gasteiger partial charge in [-0.05, 0) is 39.5 Å². The molecule has 4 rings (SSSR count). The Morgan fingerprint density at radius 2 is 2.03 bits per heavy atom. The second-order valence-electron chi connectivity index (χ2n) is 8.95. The molecule has 0 radical (unpaired) electrons. The Morgan fingerprint density at radius 1 is 1.34 bits per heavy atom. The summed E-state index contributed by atoms with van der Waals surface area (Å²) in [4.78, 5) is 21.3. The second kappa shape index (κ2) is 9.93. The number of nitrogens with one attached hydrogen (secondary N) is 2. The number of hydrogen-bond acceptors (Lipinski definition) is 9. The number of hydrogen-bond donors (Lipinski definition) is 3. The Labute approximate surface area is 202 Å². The molecule has 0 saturated carbocycles. The van der Waals surface area contributed by atoms with Crippen LogP contribution < -0.4 is 10.2 Å². The number of ether oxygens (including phenoxy) is 1. The van der Waals surface area contributed by atoms with Gasteiger partial charge in [-0.25, -0.2) is 22.6 Å². The highest BCUT2D eigenvalue weighted by Crippen LogP contribution is 2.38. The first-order valence-electron chi connectivity index (χ1n) is 11.5. The van der Waals surface area contributed by atoms with E-state index in [-0.39, 0.29) is 41.3 Å². The zero-order valence-corrected chi connectivity index (χ0v) is 20.7. The average Bonchev–Trinajstić information content (AvgIpc) is 3.22. The number of carboxylic acid groups (broad SMARTS) is 1. The summed E-state index contributed by atoms with van der Waals surface area (Å²) in [6, 6.07) is 1.37. The molecular formula is C21H30FN7O5S. The maximum Gasteiger partial charge on any atom is 0.506 e. The van der Waals surface area contributed by atoms with E-state index in [4.69, 9.17) is 5.11 Å². The third-order valence-corrected chi connectivity index (χ3v) is 8.59. The number of H-pyrrole nitrogens is 1. The summed E-state index contributed by atoms with van der Waals surface area (Å²) in [5, 5.41) is 18.5. The van der Waals surface area contributed by atoms with Crippen LogP contribution in [0.2, 0.25) is 0 Å². The van der Waals surface area contributed by atoms with Gasteiger partial charge >= 0.3 is 6.16 Å². The van der Waals surface area contributed by atoms with Crippen molar-refractivity contribution in [3.8, 4) is 0 Å². The van der Waals surface area contributed by atoms with Gasteiger partial charge in [0.1, 0.15) is 12.3 Å². The number of aromatic nitrogens is 4. The highest BCUT2D eigenvalue weighted by molar-refractivity contribution is 7.89. The number of rotatable bonds is 8. The molecule has 3 atom stereocenters. The number of anilines is 3. The van der Waals surface area contributed by atoms with Crippen molar-refractivity contribution < 1.29 is 27.4 Å². The molecule has 3 N–H and O–H groups in total. The first-order valence-corrected chi connectivity index (χ1v) is 13.1. The molecule has 12 nitrogen and oxygen atoms in total. The van der Waals surface area contributed by atoms with E-state index in [1.165, 1.54) is 0 Å². The van der Waals surface area contributed by atoms with Crippen molar-refractivity contribution in [1.82, 2.24) is 24.5 Å². The van der Waals surface area contributed by atoms with E-state index in [9.17, 15) is 13.2 Å². The SMILES string of the molecule is CCS(=O)(=O)N1[C@@H]2CCC[C@H]1CC(N(C)c1nc(COC(=O)O)c(F)c(Nc3cc(C)[nH]n3)n1)C2. The van der Waals surface area contributed by atoms with Crippen molar-refractivity contribution in [1.29, 1.82) is 0 Å². The van der Waals surface area contributed by atoms with Crippen LogP contribution in [0.25, 0.3) is 0 Å². The summed E-state index contributed by atoms with van der Waals surface area (Å²) >= 11 is 0. The van der Waals surface area contributed by atoms with Gasteiger partial charge in [-0.3, -0.25) is 5.10 Å². The fourth-order valence-electron chi connectivity index (χ4n) is 4.94. The molecule has 0 aliphatic carbocycles. The van der Waals surface area contributed by atoms with Gasteiger partial charge in [-0.1, -0.05) is 6.42 Å². The summed E-state index contributed by atoms with van der Waals surface area (Å²) in [7, 11) is -1.54. The van der Waals surface area contributed by atoms with Crippen molar-refractivity contribution in [2.75, 3.05) is 23.0 Å². The van der Waals surface area contributed by atoms with Crippen LogP contribution in [-0.2, 0) is 21.4 Å². The molecule has 4 heterocycles. The van der Waals surface area contributed by atoms with Crippen LogP contribution in [-0.4, -0.2) is 75.1 Å². The fraction of sp³-hybridized carbons (Fsp3) is 0.619. The van der Waals surface area contributed by atoms with Crippen LogP contribution in [0.5, 0.6) is 0 Å². The molecule has 0 amide bonds. The number of sulfonamides is 1. The van der Waals surface area contributed by atoms with Crippen LogP contribution in [0.1, 0.15) is 50.4 Å². The van der Waals surface area contributed by atoms with E-state index in [1.54, 1.807) is 31.3 Å². The fourth-order valence-corrected chi connectivity index (χ4v) is 6.53. The predicted molar refractivity (Wildman–Crippen MR) is 126 cm³/mol. The maximum absolute atomic E-state index is 15.1. The lowest BCUT2D eigenvalue weighted by Gasteiger charge is -2.49. The van der Waals surface area contributed by atoms with Gasteiger partial charge in [-0.2, -0.15) is 14.4 Å². The number of aromatic amines is 1. The van der Waals surface area contributed by atoms with E-state index in [0.29, 0.717) is 18.7 Å². The lowest BCUT2D eigenvalue weighted by molar-refractivity contribution is 0.0831. The third-order valence-electron chi connectivity index (χ3n) is 6.62. The zero-order chi connectivity index (χ0) is 25.3. The van der Waals surface area contributed by atoms with Crippen LogP contribution in [0.3, 0.4) is 0 Å². The summed E-state index contributed by atoms with van der Waals surface area (Å²) < 4.78 is 46.8. The molecule has 2 saturated heterocycles. The Kier molecular flexibility index (Phi) is 7.12. The molecule has 2 fully saturated rings. The van der Waals surface area contributed by atoms with Crippen LogP contribution in [0, 0.1) is 12.7 Å². The molecule has 2 aliphatic rings. The van der Waals surface area contributed by atoms with E-state index >= 15 is 4.39 Å². The van der Waals surface area contributed by atoms with Crippen molar-refractivity contribution in [2.24, 2.45) is 0 Å². The van der Waals surface area contributed by atoms with E-state index in [2.05, 4.69) is 30.2 Å². The number of fused-ring (bicyclic) bond motifs is 2. The van der Waals surface area contributed by atoms with E-state index in [0.717, 1.165) is 25.0 Å². The summed E-state index contributed by atoms with van der Waals surface area (Å²) in [5.74, 6) is -0.421. The molecule has 1 unspecified atom stereocenters. The summed E-state index contributed by atoms with van der Waals surface area (Å²) in [6.07, 6.45) is 2.18. The molecule has 0 spiro atoms. The molecule has 2 bridgehead atoms. The number of piperidine rings is 2. The van der Waals surface area contributed by atoms with Crippen LogP contribution in [0.4, 0.5) is 26.8 Å². The maximum atomic E-state index is 15.1. The largest absolute Gasteiger partial charge is 0.506 e. The van der Waals surface area contributed by atoms with Gasteiger partial charge < -0.3 is 20.1 Å². The molecule has 2 aliphatic heterocycles. The van der Waals surface area contributed by atoms with Gasteiger partial charge in [0, 0.05) is 36.9 Å². The molecular weight excluding hydrogens is 481 g/mol. The van der Waals surface area contributed by atoms with Crippen LogP contribution >= 0.6 is 0 Å². The summed E-state index contributed by atoms with van der Waals surface area (Å²) in [5.41, 5.74) is 0.541. The van der Waals surface area contributed by atoms with Crippen molar-refractivity contribution in [2.45, 2.75) is 70.7 Å². The quantitative estimate of drug-likeness (QED) is 0.451. The first-order chi connectivity index (χ1) is 16.6. The minimum absolute atomic E-state index is 0.0657. The minimum atomic E-state index is -3.32. The predicted octanol–water partition coefficient (Wildman–Crippen LogP) is 2.76. The Morgan fingerprint density at radius 3 is 2.60 bits per heavy atom. The Balaban J connectivity index is 1.63. The monoisotopic (exact) mass is 511 g/mol. The summed E-state index contributed by atoms with van der Waals surface area (Å²) in [6.45, 7) is 2.87. The lowest BCUT2D eigenvalue weighted by Crippen LogP contribution is -2.58. The van der Waals surface area contributed by atoms with Crippen molar-refractivity contribution in [3.05, 3.63) is 23.3 Å². The van der Waals surface area contributed by atoms with Crippen molar-refractivity contribution in [3.63, 3.8) is 0 Å². The van der Waals surface area contributed by atoms with E-state index < -0.39 is 28.6 Å². The van der Waals surface area contributed by atoms with Crippen LogP contribution in [0.15, 0.2) is 6.07 Å². The van der Waals surface area contributed by atoms with Gasteiger partial charge in [0.2, 0.25) is 16.0 Å². The zero-order valence-electron chi connectivity index (χ0n) is 19.9. The topological polar surface area (TPSA) is 154 Å². The van der Waals surface area contributed by atoms with Gasteiger partial charge in [0.05, 0.1) is 5.75 Å². The first kappa shape index (κ1) is 25.1. The Bertz CT molecular complexity index is 1180. The lowest BCUT2D eigenvalue weighted by atomic mass is 9.83. The van der Waals surface area contributed by atoms with Gasteiger partial charge in [0.25, 0.3) is 0 Å². The second-order valence-corrected chi connectivity index (χ2v) is 11.1.